The van der Waals surface area contributed by atoms with Gasteiger partial charge in [-0.25, -0.2) is 4.79 Å². The van der Waals surface area contributed by atoms with Gasteiger partial charge in [-0.05, 0) is 40.5 Å². The van der Waals surface area contributed by atoms with Crippen molar-refractivity contribution in [2.45, 2.75) is 52.3 Å². The van der Waals surface area contributed by atoms with Crippen molar-refractivity contribution in [3.05, 3.63) is 11.3 Å². The van der Waals surface area contributed by atoms with Crippen LogP contribution in [-0.2, 0) is 14.3 Å². The van der Waals surface area contributed by atoms with Crippen molar-refractivity contribution in [3.63, 3.8) is 0 Å². The standard InChI is InChI=1S/C15H22F3NO3/c1-9(19(5)6)10(12(21)22-13(2,3)4)11(20)14(7-8-14)15(16,17)18/h7-8H2,1-6H3. The van der Waals surface area contributed by atoms with Crippen molar-refractivity contribution in [1.82, 2.24) is 4.90 Å². The fraction of sp³-hybridized carbons (Fsp3) is 0.733. The third-order valence-electron chi connectivity index (χ3n) is 3.59. The van der Waals surface area contributed by atoms with Crippen LogP contribution in [-0.4, -0.2) is 42.5 Å². The van der Waals surface area contributed by atoms with Gasteiger partial charge in [0, 0.05) is 19.8 Å². The number of carbonyl (C=O) groups excluding carboxylic acids is 2. The Balaban J connectivity index is 3.28. The maximum atomic E-state index is 13.2. The molecule has 0 aliphatic heterocycles. The minimum Gasteiger partial charge on any atom is -0.456 e. The van der Waals surface area contributed by atoms with Crippen molar-refractivity contribution in [2.75, 3.05) is 14.1 Å². The highest BCUT2D eigenvalue weighted by Gasteiger charge is 2.69. The summed E-state index contributed by atoms with van der Waals surface area (Å²) < 4.78 is 44.6. The number of ketones is 1. The fourth-order valence-corrected chi connectivity index (χ4v) is 1.96. The number of halogens is 3. The lowest BCUT2D eigenvalue weighted by atomic mass is 9.92. The van der Waals surface area contributed by atoms with E-state index in [2.05, 4.69) is 0 Å². The third kappa shape index (κ3) is 3.62. The Morgan fingerprint density at radius 2 is 1.55 bits per heavy atom. The van der Waals surface area contributed by atoms with E-state index < -0.39 is 34.5 Å². The van der Waals surface area contributed by atoms with Crippen LogP contribution in [0.25, 0.3) is 0 Å². The van der Waals surface area contributed by atoms with Gasteiger partial charge < -0.3 is 9.64 Å². The maximum absolute atomic E-state index is 13.2. The first-order valence-corrected chi connectivity index (χ1v) is 6.96. The van der Waals surface area contributed by atoms with Crippen LogP contribution in [0.15, 0.2) is 11.3 Å². The molecule has 0 unspecified atom stereocenters. The van der Waals surface area contributed by atoms with Crippen molar-refractivity contribution in [2.24, 2.45) is 5.41 Å². The number of allylic oxidation sites excluding steroid dienone is 1. The Morgan fingerprint density at radius 1 is 1.09 bits per heavy atom. The Bertz CT molecular complexity index is 509. The van der Waals surface area contributed by atoms with Crippen LogP contribution in [0.5, 0.6) is 0 Å². The number of rotatable bonds is 4. The van der Waals surface area contributed by atoms with Crippen LogP contribution in [0.4, 0.5) is 13.2 Å². The summed E-state index contributed by atoms with van der Waals surface area (Å²) in [5.41, 5.74) is -3.69. The van der Waals surface area contributed by atoms with Gasteiger partial charge in [-0.2, -0.15) is 13.2 Å². The van der Waals surface area contributed by atoms with Crippen LogP contribution < -0.4 is 0 Å². The zero-order valence-electron chi connectivity index (χ0n) is 13.7. The Morgan fingerprint density at radius 3 is 1.82 bits per heavy atom. The number of hydrogen-bond donors (Lipinski definition) is 0. The van der Waals surface area contributed by atoms with Crippen molar-refractivity contribution in [3.8, 4) is 0 Å². The van der Waals surface area contributed by atoms with E-state index in [4.69, 9.17) is 4.74 Å². The molecule has 4 nitrogen and oxygen atoms in total. The predicted molar refractivity (Wildman–Crippen MR) is 75.0 cm³/mol. The molecule has 0 amide bonds. The van der Waals surface area contributed by atoms with Gasteiger partial charge in [-0.3, -0.25) is 4.79 Å². The van der Waals surface area contributed by atoms with Crippen molar-refractivity contribution in [1.29, 1.82) is 0 Å². The Kier molecular flexibility index (Phi) is 4.71. The van der Waals surface area contributed by atoms with Crippen LogP contribution in [0.2, 0.25) is 0 Å². The van der Waals surface area contributed by atoms with Gasteiger partial charge in [0.25, 0.3) is 0 Å². The first-order chi connectivity index (χ1) is 9.73. The second-order valence-electron chi connectivity index (χ2n) is 6.77. The van der Waals surface area contributed by atoms with Gasteiger partial charge >= 0.3 is 12.1 Å². The summed E-state index contributed by atoms with van der Waals surface area (Å²) in [6.45, 7) is 6.21. The first kappa shape index (κ1) is 18.5. The number of esters is 1. The lowest BCUT2D eigenvalue weighted by molar-refractivity contribution is -0.189. The summed E-state index contributed by atoms with van der Waals surface area (Å²) in [5.74, 6) is -2.21. The van der Waals surface area contributed by atoms with Gasteiger partial charge in [0.1, 0.15) is 16.6 Å². The number of Topliss-reactive ketones (excluding diaryl/α,β-unsaturated/α-hetero) is 1. The zero-order chi connectivity index (χ0) is 17.5. The summed E-state index contributed by atoms with van der Waals surface area (Å²) in [5, 5.41) is 0. The van der Waals surface area contributed by atoms with Crippen molar-refractivity contribution >= 4 is 11.8 Å². The van der Waals surface area contributed by atoms with E-state index in [0.717, 1.165) is 0 Å². The molecule has 126 valence electrons. The summed E-state index contributed by atoms with van der Waals surface area (Å²) in [6.07, 6.45) is -5.24. The molecule has 22 heavy (non-hydrogen) atoms. The van der Waals surface area contributed by atoms with Gasteiger partial charge in [0.15, 0.2) is 5.78 Å². The van der Waals surface area contributed by atoms with Crippen LogP contribution in [0.3, 0.4) is 0 Å². The van der Waals surface area contributed by atoms with Gasteiger partial charge in [0.05, 0.1) is 0 Å². The number of hydrogen-bond acceptors (Lipinski definition) is 4. The van der Waals surface area contributed by atoms with Crippen LogP contribution in [0.1, 0.15) is 40.5 Å². The molecule has 0 bridgehead atoms. The molecular weight excluding hydrogens is 299 g/mol. The second-order valence-corrected chi connectivity index (χ2v) is 6.77. The molecule has 0 aromatic rings. The van der Waals surface area contributed by atoms with Gasteiger partial charge in [-0.1, -0.05) is 0 Å². The quantitative estimate of drug-likeness (QED) is 0.345. The third-order valence-corrected chi connectivity index (χ3v) is 3.59. The molecule has 1 rings (SSSR count). The lowest BCUT2D eigenvalue weighted by Crippen LogP contribution is -2.38. The molecule has 1 aliphatic carbocycles. The molecule has 0 N–H and O–H groups in total. The number of ether oxygens (including phenoxy) is 1. The lowest BCUT2D eigenvalue weighted by Gasteiger charge is -2.25. The summed E-state index contributed by atoms with van der Waals surface area (Å²) in [4.78, 5) is 26.1. The van der Waals surface area contributed by atoms with E-state index >= 15 is 0 Å². The fourth-order valence-electron chi connectivity index (χ4n) is 1.96. The van der Waals surface area contributed by atoms with E-state index in [-0.39, 0.29) is 18.5 Å². The first-order valence-electron chi connectivity index (χ1n) is 6.96. The monoisotopic (exact) mass is 321 g/mol. The zero-order valence-corrected chi connectivity index (χ0v) is 13.7. The van der Waals surface area contributed by atoms with E-state index in [1.165, 1.54) is 11.8 Å². The number of alkyl halides is 3. The Labute approximate surface area is 128 Å². The molecule has 1 fully saturated rings. The van der Waals surface area contributed by atoms with E-state index in [9.17, 15) is 22.8 Å². The largest absolute Gasteiger partial charge is 0.456 e. The molecule has 1 aliphatic rings. The molecule has 0 heterocycles. The topological polar surface area (TPSA) is 46.6 Å². The SMILES string of the molecule is CC(=C(C(=O)OC(C)(C)C)C(=O)C1(C(F)(F)F)CC1)N(C)C. The highest BCUT2D eigenvalue weighted by molar-refractivity contribution is 6.21. The second kappa shape index (κ2) is 5.59. The molecule has 0 spiro atoms. The molecule has 0 radical (unpaired) electrons. The summed E-state index contributed by atoms with van der Waals surface area (Å²) >= 11 is 0. The van der Waals surface area contributed by atoms with Crippen LogP contribution in [0, 0.1) is 5.41 Å². The van der Waals surface area contributed by atoms with E-state index in [0.29, 0.717) is 0 Å². The highest BCUT2D eigenvalue weighted by Crippen LogP contribution is 2.59. The Hall–Kier alpha value is -1.53. The molecule has 1 saturated carbocycles. The number of nitrogens with zero attached hydrogens (tertiary/aromatic N) is 1. The van der Waals surface area contributed by atoms with Gasteiger partial charge in [-0.15, -0.1) is 0 Å². The van der Waals surface area contributed by atoms with E-state index in [1.54, 1.807) is 34.9 Å². The minimum atomic E-state index is -4.66. The number of carbonyl (C=O) groups is 2. The summed E-state index contributed by atoms with van der Waals surface area (Å²) in [6, 6.07) is 0. The van der Waals surface area contributed by atoms with Crippen molar-refractivity contribution < 1.29 is 27.5 Å². The average molecular weight is 321 g/mol. The molecule has 0 aromatic heterocycles. The minimum absolute atomic E-state index is 0.162. The predicted octanol–water partition coefficient (Wildman–Crippen LogP) is 3.08. The summed E-state index contributed by atoms with van der Waals surface area (Å²) in [7, 11) is 3.11. The van der Waals surface area contributed by atoms with E-state index in [1.807, 2.05) is 0 Å². The molecule has 0 saturated heterocycles. The highest BCUT2D eigenvalue weighted by atomic mass is 19.4. The molecule has 7 heteroatoms. The average Bonchev–Trinajstić information content (AvgIpc) is 3.05. The van der Waals surface area contributed by atoms with Crippen LogP contribution >= 0.6 is 0 Å². The molecular formula is C15H22F3NO3. The smallest absolute Gasteiger partial charge is 0.401 e. The van der Waals surface area contributed by atoms with Gasteiger partial charge in [0.2, 0.25) is 0 Å². The molecule has 0 aromatic carbocycles. The molecule has 0 atom stereocenters. The normalized spacial score (nSPS) is 18.4. The maximum Gasteiger partial charge on any atom is 0.401 e.